The summed E-state index contributed by atoms with van der Waals surface area (Å²) in [6.07, 6.45) is 13.6. The van der Waals surface area contributed by atoms with E-state index < -0.39 is 5.97 Å². The van der Waals surface area contributed by atoms with Gasteiger partial charge in [-0.1, -0.05) is 25.7 Å². The van der Waals surface area contributed by atoms with Gasteiger partial charge in [0, 0.05) is 51.3 Å². The Labute approximate surface area is 192 Å². The van der Waals surface area contributed by atoms with Crippen LogP contribution in [0.1, 0.15) is 77.0 Å². The summed E-state index contributed by atoms with van der Waals surface area (Å²) in [5, 5.41) is 12.5. The zero-order valence-electron chi connectivity index (χ0n) is 19.4. The Hall–Kier alpha value is -1.93. The van der Waals surface area contributed by atoms with E-state index in [1.54, 1.807) is 0 Å². The van der Waals surface area contributed by atoms with Crippen molar-refractivity contribution in [1.29, 1.82) is 0 Å². The number of unbranched alkanes of at least 4 members (excludes halogenated alkanes) is 6. The predicted octanol–water partition coefficient (Wildman–Crippen LogP) is 2.36. The van der Waals surface area contributed by atoms with E-state index in [1.807, 2.05) is 4.90 Å². The van der Waals surface area contributed by atoms with E-state index in [2.05, 4.69) is 10.2 Å². The molecule has 0 saturated carbocycles. The molecule has 182 valence electrons. The minimum absolute atomic E-state index is 0.266. The van der Waals surface area contributed by atoms with E-state index in [0.29, 0.717) is 19.6 Å². The van der Waals surface area contributed by atoms with Crippen molar-refractivity contribution in [2.45, 2.75) is 83.3 Å². The van der Waals surface area contributed by atoms with Crippen LogP contribution in [0.25, 0.3) is 0 Å². The number of aliphatic hydroxyl groups is 1. The Morgan fingerprint density at radius 2 is 1.72 bits per heavy atom. The molecule has 2 saturated heterocycles. The molecule has 0 aromatic rings. The topological polar surface area (TPSA) is 99.2 Å². The Kier molecular flexibility index (Phi) is 13.0. The summed E-state index contributed by atoms with van der Waals surface area (Å²) in [6.45, 7) is 4.60. The van der Waals surface area contributed by atoms with Gasteiger partial charge < -0.3 is 20.1 Å². The maximum Gasteiger partial charge on any atom is 0.330 e. The summed E-state index contributed by atoms with van der Waals surface area (Å²) in [7, 11) is 0. The van der Waals surface area contributed by atoms with Crippen LogP contribution in [0.3, 0.4) is 0 Å². The Bertz CT molecular complexity index is 610. The van der Waals surface area contributed by atoms with Crippen LogP contribution in [0.4, 0.5) is 0 Å². The number of ether oxygens (including phenoxy) is 1. The molecule has 2 aliphatic rings. The molecule has 2 fully saturated rings. The molecular weight excluding hydrogens is 410 g/mol. The van der Waals surface area contributed by atoms with Crippen LogP contribution in [-0.2, 0) is 19.1 Å². The zero-order valence-corrected chi connectivity index (χ0v) is 19.4. The lowest BCUT2D eigenvalue weighted by molar-refractivity contribution is -0.138. The lowest BCUT2D eigenvalue weighted by Gasteiger charge is -2.19. The molecule has 2 N–H and O–H groups in total. The normalized spacial score (nSPS) is 19.2. The molecule has 32 heavy (non-hydrogen) atoms. The Morgan fingerprint density at radius 1 is 0.969 bits per heavy atom. The van der Waals surface area contributed by atoms with Crippen molar-refractivity contribution in [3.8, 4) is 0 Å². The number of esters is 1. The SMILES string of the molecule is O=C(/C=C\C(=O)OCCCCCCN1CCCC1O)NCCCCCCN1CCCC1=O. The summed E-state index contributed by atoms with van der Waals surface area (Å²) in [4.78, 5) is 39.0. The summed E-state index contributed by atoms with van der Waals surface area (Å²) in [6, 6.07) is 0. The number of rotatable bonds is 16. The van der Waals surface area contributed by atoms with Crippen LogP contribution in [-0.4, -0.2) is 78.2 Å². The fourth-order valence-corrected chi connectivity index (χ4v) is 4.20. The number of carbonyl (C=O) groups is 3. The summed E-state index contributed by atoms with van der Waals surface area (Å²) >= 11 is 0. The lowest BCUT2D eigenvalue weighted by atomic mass is 10.2. The lowest BCUT2D eigenvalue weighted by Crippen LogP contribution is -2.29. The maximum atomic E-state index is 11.8. The molecule has 0 aromatic carbocycles. The van der Waals surface area contributed by atoms with E-state index in [1.165, 1.54) is 12.2 Å². The smallest absolute Gasteiger partial charge is 0.330 e. The average molecular weight is 452 g/mol. The molecule has 0 radical (unpaired) electrons. The third-order valence-corrected chi connectivity index (χ3v) is 6.11. The van der Waals surface area contributed by atoms with Gasteiger partial charge in [-0.15, -0.1) is 0 Å². The van der Waals surface area contributed by atoms with Crippen molar-refractivity contribution >= 4 is 17.8 Å². The zero-order chi connectivity index (χ0) is 23.0. The third-order valence-electron chi connectivity index (χ3n) is 6.11. The highest BCUT2D eigenvalue weighted by molar-refractivity contribution is 5.94. The number of hydrogen-bond acceptors (Lipinski definition) is 6. The van der Waals surface area contributed by atoms with Gasteiger partial charge in [-0.05, 0) is 44.9 Å². The standard InChI is InChI=1S/C24H41N3O5/c28-21(25-15-5-1-2-6-16-26-18-9-11-22(26)29)13-14-24(31)32-20-8-4-3-7-17-27-19-10-12-23(27)30/h13-14,23,30H,1-12,15-20H2,(H,25,28)/b14-13-. The third kappa shape index (κ3) is 11.1. The summed E-state index contributed by atoms with van der Waals surface area (Å²) in [5.74, 6) is -0.498. The second-order valence-corrected chi connectivity index (χ2v) is 8.76. The first kappa shape index (κ1) is 26.3. The molecule has 1 unspecified atom stereocenters. The van der Waals surface area contributed by atoms with E-state index in [4.69, 9.17) is 4.74 Å². The fraction of sp³-hybridized carbons (Fsp3) is 0.792. The van der Waals surface area contributed by atoms with Crippen LogP contribution >= 0.6 is 0 Å². The number of carbonyl (C=O) groups excluding carboxylic acids is 3. The van der Waals surface area contributed by atoms with Crippen molar-refractivity contribution in [3.05, 3.63) is 12.2 Å². The molecule has 2 rings (SSSR count). The van der Waals surface area contributed by atoms with Crippen LogP contribution in [0.15, 0.2) is 12.2 Å². The molecule has 8 heteroatoms. The van der Waals surface area contributed by atoms with Gasteiger partial charge in [-0.3, -0.25) is 14.5 Å². The Morgan fingerprint density at radius 3 is 2.44 bits per heavy atom. The minimum atomic E-state index is -0.489. The highest BCUT2D eigenvalue weighted by atomic mass is 16.5. The van der Waals surface area contributed by atoms with Crippen molar-refractivity contribution < 1.29 is 24.2 Å². The molecule has 2 aliphatic heterocycles. The van der Waals surface area contributed by atoms with Gasteiger partial charge in [0.05, 0.1) is 6.61 Å². The number of amides is 2. The van der Waals surface area contributed by atoms with Crippen molar-refractivity contribution in [2.24, 2.45) is 0 Å². The molecule has 1 atom stereocenters. The van der Waals surface area contributed by atoms with Gasteiger partial charge in [-0.25, -0.2) is 4.79 Å². The highest BCUT2D eigenvalue weighted by Gasteiger charge is 2.20. The minimum Gasteiger partial charge on any atom is -0.463 e. The van der Waals surface area contributed by atoms with Crippen LogP contribution in [0, 0.1) is 0 Å². The average Bonchev–Trinajstić information content (AvgIpc) is 3.38. The monoisotopic (exact) mass is 451 g/mol. The van der Waals surface area contributed by atoms with Gasteiger partial charge in [0.1, 0.15) is 6.23 Å². The van der Waals surface area contributed by atoms with E-state index in [9.17, 15) is 19.5 Å². The maximum absolute atomic E-state index is 11.8. The van der Waals surface area contributed by atoms with Crippen LogP contribution in [0.5, 0.6) is 0 Å². The predicted molar refractivity (Wildman–Crippen MR) is 123 cm³/mol. The summed E-state index contributed by atoms with van der Waals surface area (Å²) in [5.41, 5.74) is 0. The molecule has 0 bridgehead atoms. The van der Waals surface area contributed by atoms with Gasteiger partial charge in [0.2, 0.25) is 11.8 Å². The highest BCUT2D eigenvalue weighted by Crippen LogP contribution is 2.15. The van der Waals surface area contributed by atoms with E-state index >= 15 is 0 Å². The number of nitrogens with one attached hydrogen (secondary N) is 1. The number of hydrogen-bond donors (Lipinski definition) is 2. The van der Waals surface area contributed by atoms with Gasteiger partial charge >= 0.3 is 5.97 Å². The second kappa shape index (κ2) is 15.8. The van der Waals surface area contributed by atoms with Crippen molar-refractivity contribution in [1.82, 2.24) is 15.1 Å². The largest absolute Gasteiger partial charge is 0.463 e. The molecule has 0 spiro atoms. The molecule has 0 aliphatic carbocycles. The molecule has 2 amide bonds. The molecule has 0 aromatic heterocycles. The first-order chi connectivity index (χ1) is 15.6. The quantitative estimate of drug-likeness (QED) is 0.212. The number of nitrogens with zero attached hydrogens (tertiary/aromatic N) is 2. The molecular formula is C24H41N3O5. The molecule has 8 nitrogen and oxygen atoms in total. The van der Waals surface area contributed by atoms with Crippen molar-refractivity contribution in [2.75, 3.05) is 39.3 Å². The Balaban J connectivity index is 1.36. The van der Waals surface area contributed by atoms with E-state index in [0.717, 1.165) is 96.8 Å². The van der Waals surface area contributed by atoms with Crippen LogP contribution < -0.4 is 5.32 Å². The molecule has 2 heterocycles. The number of likely N-dealkylation sites (tertiary alicyclic amines) is 2. The second-order valence-electron chi connectivity index (χ2n) is 8.76. The van der Waals surface area contributed by atoms with Crippen molar-refractivity contribution in [3.63, 3.8) is 0 Å². The number of aliphatic hydroxyl groups excluding tert-OH is 1. The fourth-order valence-electron chi connectivity index (χ4n) is 4.20. The van der Waals surface area contributed by atoms with Gasteiger partial charge in [0.15, 0.2) is 0 Å². The van der Waals surface area contributed by atoms with Gasteiger partial charge in [-0.2, -0.15) is 0 Å². The van der Waals surface area contributed by atoms with E-state index in [-0.39, 0.29) is 18.0 Å². The first-order valence-corrected chi connectivity index (χ1v) is 12.4. The van der Waals surface area contributed by atoms with Crippen LogP contribution in [0.2, 0.25) is 0 Å². The van der Waals surface area contributed by atoms with Gasteiger partial charge in [0.25, 0.3) is 0 Å². The summed E-state index contributed by atoms with van der Waals surface area (Å²) < 4.78 is 5.13. The first-order valence-electron chi connectivity index (χ1n) is 12.4.